The van der Waals surface area contributed by atoms with Gasteiger partial charge in [0.25, 0.3) is 0 Å². The summed E-state index contributed by atoms with van der Waals surface area (Å²) in [4.78, 5) is 8.65. The normalized spacial score (nSPS) is 16.6. The maximum absolute atomic E-state index is 5.91. The Morgan fingerprint density at radius 3 is 2.90 bits per heavy atom. The second-order valence-electron chi connectivity index (χ2n) is 6.80. The van der Waals surface area contributed by atoms with Crippen LogP contribution in [0.15, 0.2) is 53.7 Å². The highest BCUT2D eigenvalue weighted by Gasteiger charge is 2.15. The molecule has 1 aliphatic heterocycles. The molecule has 1 aromatic heterocycles. The van der Waals surface area contributed by atoms with Crippen molar-refractivity contribution in [3.05, 3.63) is 59.8 Å². The molecular weight excluding hydrogens is 368 g/mol. The van der Waals surface area contributed by atoms with Crippen LogP contribution in [0.3, 0.4) is 0 Å². The van der Waals surface area contributed by atoms with Gasteiger partial charge in [0, 0.05) is 45.1 Å². The lowest BCUT2D eigenvalue weighted by Gasteiger charge is -2.15. The van der Waals surface area contributed by atoms with Crippen LogP contribution in [0, 0.1) is 0 Å². The summed E-state index contributed by atoms with van der Waals surface area (Å²) >= 11 is 0. The molecule has 0 radical (unpaired) electrons. The van der Waals surface area contributed by atoms with Gasteiger partial charge in [-0.2, -0.15) is 0 Å². The molecular formula is C22H30N4O3. The topological polar surface area (TPSA) is 77.0 Å². The Labute approximate surface area is 172 Å². The van der Waals surface area contributed by atoms with Gasteiger partial charge in [0.2, 0.25) is 5.88 Å². The molecule has 3 rings (SSSR count). The van der Waals surface area contributed by atoms with Gasteiger partial charge in [-0.3, -0.25) is 4.99 Å². The first-order chi connectivity index (χ1) is 14.3. The maximum Gasteiger partial charge on any atom is 0.218 e. The molecule has 1 aliphatic rings. The number of benzene rings is 1. The highest BCUT2D eigenvalue weighted by Crippen LogP contribution is 2.16. The lowest BCUT2D eigenvalue weighted by Crippen LogP contribution is -2.37. The van der Waals surface area contributed by atoms with Crippen molar-refractivity contribution in [2.75, 3.05) is 33.4 Å². The third-order valence-electron chi connectivity index (χ3n) is 4.59. The van der Waals surface area contributed by atoms with E-state index in [-0.39, 0.29) is 6.10 Å². The molecule has 1 fully saturated rings. The van der Waals surface area contributed by atoms with Gasteiger partial charge in [0.1, 0.15) is 6.61 Å². The van der Waals surface area contributed by atoms with Gasteiger partial charge in [-0.15, -0.1) is 0 Å². The molecule has 2 aromatic rings. The smallest absolute Gasteiger partial charge is 0.218 e. The minimum Gasteiger partial charge on any atom is -0.473 e. The van der Waals surface area contributed by atoms with Crippen molar-refractivity contribution in [3.8, 4) is 5.88 Å². The highest BCUT2D eigenvalue weighted by molar-refractivity contribution is 5.79. The Morgan fingerprint density at radius 1 is 1.21 bits per heavy atom. The van der Waals surface area contributed by atoms with Crippen LogP contribution in [-0.4, -0.2) is 50.5 Å². The minimum absolute atomic E-state index is 0.257. The third kappa shape index (κ3) is 7.36. The number of pyridine rings is 1. The molecule has 0 aliphatic carbocycles. The van der Waals surface area contributed by atoms with Crippen molar-refractivity contribution in [1.82, 2.24) is 15.6 Å². The standard InChI is InChI=1S/C22H30N4O3/c1-23-22(25-12-6-13-28-20-10-14-27-17-20)26-15-19-9-5-11-24-21(19)29-16-18-7-3-2-4-8-18/h2-5,7-9,11,20H,6,10,12-17H2,1H3,(H2,23,25,26). The van der Waals surface area contributed by atoms with Crippen LogP contribution in [0.2, 0.25) is 0 Å². The molecule has 0 amide bonds. The van der Waals surface area contributed by atoms with Gasteiger partial charge >= 0.3 is 0 Å². The van der Waals surface area contributed by atoms with Crippen LogP contribution in [0.4, 0.5) is 0 Å². The molecule has 1 aromatic carbocycles. The Kier molecular flexibility index (Phi) is 8.75. The Balaban J connectivity index is 1.39. The zero-order valence-corrected chi connectivity index (χ0v) is 17.0. The van der Waals surface area contributed by atoms with Crippen LogP contribution in [-0.2, 0) is 22.6 Å². The van der Waals surface area contributed by atoms with E-state index < -0.39 is 0 Å². The SMILES string of the molecule is CN=C(NCCCOC1CCOC1)NCc1cccnc1OCc1ccccc1. The molecule has 1 saturated heterocycles. The predicted molar refractivity (Wildman–Crippen MR) is 113 cm³/mol. The quantitative estimate of drug-likeness (QED) is 0.364. The molecule has 7 nitrogen and oxygen atoms in total. The summed E-state index contributed by atoms with van der Waals surface area (Å²) in [5, 5.41) is 6.62. The molecule has 156 valence electrons. The van der Waals surface area contributed by atoms with E-state index in [1.165, 1.54) is 0 Å². The molecule has 0 bridgehead atoms. The van der Waals surface area contributed by atoms with Crippen molar-refractivity contribution >= 4 is 5.96 Å². The van der Waals surface area contributed by atoms with E-state index in [9.17, 15) is 0 Å². The summed E-state index contributed by atoms with van der Waals surface area (Å²) in [5.74, 6) is 1.37. The van der Waals surface area contributed by atoms with Crippen LogP contribution in [0.5, 0.6) is 5.88 Å². The van der Waals surface area contributed by atoms with E-state index in [1.807, 2.05) is 42.5 Å². The molecule has 7 heteroatoms. The number of aliphatic imine (C=N–C) groups is 1. The van der Waals surface area contributed by atoms with Gasteiger partial charge in [0.15, 0.2) is 5.96 Å². The first-order valence-electron chi connectivity index (χ1n) is 10.1. The number of rotatable bonds is 10. The number of hydrogen-bond acceptors (Lipinski definition) is 5. The monoisotopic (exact) mass is 398 g/mol. The van der Waals surface area contributed by atoms with E-state index in [0.717, 1.165) is 56.3 Å². The van der Waals surface area contributed by atoms with E-state index in [0.29, 0.717) is 19.0 Å². The van der Waals surface area contributed by atoms with Crippen molar-refractivity contribution < 1.29 is 14.2 Å². The van der Waals surface area contributed by atoms with Crippen molar-refractivity contribution in [3.63, 3.8) is 0 Å². The second-order valence-corrected chi connectivity index (χ2v) is 6.80. The first kappa shape index (κ1) is 21.1. The van der Waals surface area contributed by atoms with Crippen LogP contribution in [0.25, 0.3) is 0 Å². The summed E-state index contributed by atoms with van der Waals surface area (Å²) in [6, 6.07) is 14.0. The molecule has 1 atom stereocenters. The summed E-state index contributed by atoms with van der Waals surface area (Å²) in [6.07, 6.45) is 3.91. The average Bonchev–Trinajstić information content (AvgIpc) is 3.29. The Bertz CT molecular complexity index is 749. The van der Waals surface area contributed by atoms with Gasteiger partial charge < -0.3 is 24.8 Å². The summed E-state index contributed by atoms with van der Waals surface area (Å²) in [6.45, 7) is 4.11. The largest absolute Gasteiger partial charge is 0.473 e. The molecule has 1 unspecified atom stereocenters. The molecule has 0 spiro atoms. The summed E-state index contributed by atoms with van der Waals surface area (Å²) < 4.78 is 17.0. The molecule has 29 heavy (non-hydrogen) atoms. The molecule has 2 N–H and O–H groups in total. The Morgan fingerprint density at radius 2 is 2.10 bits per heavy atom. The fourth-order valence-electron chi connectivity index (χ4n) is 2.99. The minimum atomic E-state index is 0.257. The lowest BCUT2D eigenvalue weighted by atomic mass is 10.2. The Hall–Kier alpha value is -2.64. The van der Waals surface area contributed by atoms with E-state index in [1.54, 1.807) is 13.2 Å². The van der Waals surface area contributed by atoms with Gasteiger partial charge in [-0.25, -0.2) is 4.98 Å². The van der Waals surface area contributed by atoms with Crippen molar-refractivity contribution in [2.45, 2.75) is 32.1 Å². The van der Waals surface area contributed by atoms with Gasteiger partial charge in [-0.05, 0) is 24.5 Å². The fraction of sp³-hybridized carbons (Fsp3) is 0.455. The second kappa shape index (κ2) is 12.0. The number of ether oxygens (including phenoxy) is 3. The maximum atomic E-state index is 5.91. The average molecular weight is 399 g/mol. The van der Waals surface area contributed by atoms with E-state index >= 15 is 0 Å². The number of hydrogen-bond donors (Lipinski definition) is 2. The predicted octanol–water partition coefficient (Wildman–Crippen LogP) is 2.52. The summed E-state index contributed by atoms with van der Waals surface area (Å²) in [7, 11) is 1.76. The number of aromatic nitrogens is 1. The van der Waals surface area contributed by atoms with E-state index in [4.69, 9.17) is 14.2 Å². The first-order valence-corrected chi connectivity index (χ1v) is 10.1. The third-order valence-corrected chi connectivity index (χ3v) is 4.59. The number of nitrogens with zero attached hydrogens (tertiary/aromatic N) is 2. The lowest BCUT2D eigenvalue weighted by molar-refractivity contribution is 0.0420. The van der Waals surface area contributed by atoms with Crippen LogP contribution in [0.1, 0.15) is 24.0 Å². The number of guanidine groups is 1. The van der Waals surface area contributed by atoms with Gasteiger partial charge in [-0.1, -0.05) is 36.4 Å². The van der Waals surface area contributed by atoms with Crippen molar-refractivity contribution in [2.24, 2.45) is 4.99 Å². The van der Waals surface area contributed by atoms with Gasteiger partial charge in [0.05, 0.1) is 12.7 Å². The van der Waals surface area contributed by atoms with Crippen LogP contribution < -0.4 is 15.4 Å². The number of nitrogens with one attached hydrogen (secondary N) is 2. The highest BCUT2D eigenvalue weighted by atomic mass is 16.5. The molecule has 0 saturated carbocycles. The summed E-state index contributed by atoms with van der Waals surface area (Å²) in [5.41, 5.74) is 2.09. The molecule has 2 heterocycles. The van der Waals surface area contributed by atoms with Crippen LogP contribution >= 0.6 is 0 Å². The van der Waals surface area contributed by atoms with E-state index in [2.05, 4.69) is 20.6 Å². The zero-order valence-electron chi connectivity index (χ0n) is 17.0. The zero-order chi connectivity index (χ0) is 20.2. The van der Waals surface area contributed by atoms with Crippen molar-refractivity contribution in [1.29, 1.82) is 0 Å². The fourth-order valence-corrected chi connectivity index (χ4v) is 2.99.